The Morgan fingerprint density at radius 3 is 2.40 bits per heavy atom. The summed E-state index contributed by atoms with van der Waals surface area (Å²) in [6, 6.07) is 0. The third-order valence-corrected chi connectivity index (χ3v) is 1.48. The first-order chi connectivity index (χ1) is 4.66. The molecule has 0 heterocycles. The van der Waals surface area contributed by atoms with Crippen LogP contribution in [0.1, 0.15) is 6.42 Å². The molecule has 10 heavy (non-hydrogen) atoms. The maximum Gasteiger partial charge on any atom is 0.111 e. The summed E-state index contributed by atoms with van der Waals surface area (Å²) in [5.74, 6) is 0. The molecule has 0 rings (SSSR count). The van der Waals surface area contributed by atoms with E-state index in [4.69, 9.17) is 46.4 Å². The lowest BCUT2D eigenvalue weighted by molar-refractivity contribution is 1.15. The van der Waals surface area contributed by atoms with Gasteiger partial charge in [0.2, 0.25) is 0 Å². The van der Waals surface area contributed by atoms with Gasteiger partial charge in [0.25, 0.3) is 0 Å². The van der Waals surface area contributed by atoms with E-state index in [0.717, 1.165) is 0 Å². The number of alkyl halides is 2. The lowest BCUT2D eigenvalue weighted by Gasteiger charge is -1.92. The molecule has 0 atom stereocenters. The van der Waals surface area contributed by atoms with E-state index >= 15 is 0 Å². The largest absolute Gasteiger partial charge is 0.111 e. The lowest BCUT2D eigenvalue weighted by Crippen LogP contribution is -1.80. The van der Waals surface area contributed by atoms with Crippen LogP contribution < -0.4 is 0 Å². The summed E-state index contributed by atoms with van der Waals surface area (Å²) in [4.78, 5) is -0.405. The molecule has 0 amide bonds. The van der Waals surface area contributed by atoms with Crippen molar-refractivity contribution in [3.05, 3.63) is 22.7 Å². The van der Waals surface area contributed by atoms with Gasteiger partial charge in [-0.3, -0.25) is 0 Å². The minimum Gasteiger partial charge on any atom is -0.105 e. The van der Waals surface area contributed by atoms with Crippen molar-refractivity contribution >= 4 is 46.4 Å². The summed E-state index contributed by atoms with van der Waals surface area (Å²) in [6.45, 7) is 0. The molecular formula is C6H6Cl4. The smallest absolute Gasteiger partial charge is 0.105 e. The second-order valence-corrected chi connectivity index (χ2v) is 3.47. The SMILES string of the molecule is ClC=CC(Cl)=CCC(Cl)Cl. The van der Waals surface area contributed by atoms with E-state index < -0.39 is 4.84 Å². The lowest BCUT2D eigenvalue weighted by atomic mass is 10.4. The normalized spacial score (nSPS) is 13.5. The van der Waals surface area contributed by atoms with E-state index in [-0.39, 0.29) is 0 Å². The van der Waals surface area contributed by atoms with Gasteiger partial charge in [0.15, 0.2) is 0 Å². The molecule has 58 valence electrons. The molecule has 0 nitrogen and oxygen atoms in total. The molecule has 0 aliphatic carbocycles. The Balaban J connectivity index is 3.68. The molecule has 0 bridgehead atoms. The molecule has 0 aromatic rings. The van der Waals surface area contributed by atoms with Crippen molar-refractivity contribution in [1.82, 2.24) is 0 Å². The summed E-state index contributed by atoms with van der Waals surface area (Å²) < 4.78 is 0. The van der Waals surface area contributed by atoms with Gasteiger partial charge in [-0.1, -0.05) is 29.3 Å². The topological polar surface area (TPSA) is 0 Å². The van der Waals surface area contributed by atoms with Crippen LogP contribution in [0.15, 0.2) is 22.7 Å². The highest BCUT2D eigenvalue weighted by Crippen LogP contribution is 2.12. The number of hydrogen-bond acceptors (Lipinski definition) is 0. The van der Waals surface area contributed by atoms with E-state index in [0.29, 0.717) is 11.5 Å². The second-order valence-electron chi connectivity index (χ2n) is 1.51. The monoisotopic (exact) mass is 218 g/mol. The van der Waals surface area contributed by atoms with E-state index in [1.54, 1.807) is 12.2 Å². The van der Waals surface area contributed by atoms with Crippen LogP contribution in [0, 0.1) is 0 Å². The van der Waals surface area contributed by atoms with Crippen LogP contribution in [0.25, 0.3) is 0 Å². The van der Waals surface area contributed by atoms with Crippen molar-refractivity contribution in [2.45, 2.75) is 11.3 Å². The zero-order valence-electron chi connectivity index (χ0n) is 5.03. The van der Waals surface area contributed by atoms with Crippen molar-refractivity contribution < 1.29 is 0 Å². The highest BCUT2D eigenvalue weighted by Gasteiger charge is 1.94. The fraction of sp³-hybridized carbons (Fsp3) is 0.333. The molecule has 0 saturated carbocycles. The van der Waals surface area contributed by atoms with Crippen LogP contribution >= 0.6 is 46.4 Å². The van der Waals surface area contributed by atoms with Crippen LogP contribution in [0.3, 0.4) is 0 Å². The van der Waals surface area contributed by atoms with E-state index in [1.807, 2.05) is 0 Å². The highest BCUT2D eigenvalue weighted by molar-refractivity contribution is 6.44. The van der Waals surface area contributed by atoms with Crippen molar-refractivity contribution in [3.63, 3.8) is 0 Å². The van der Waals surface area contributed by atoms with E-state index in [9.17, 15) is 0 Å². The first-order valence-electron chi connectivity index (χ1n) is 2.57. The first-order valence-corrected chi connectivity index (χ1v) is 4.26. The van der Waals surface area contributed by atoms with Gasteiger partial charge in [-0.25, -0.2) is 0 Å². The average molecular weight is 220 g/mol. The molecule has 0 aliphatic heterocycles. The van der Waals surface area contributed by atoms with Crippen LogP contribution in [0.2, 0.25) is 0 Å². The summed E-state index contributed by atoms with van der Waals surface area (Å²) in [5.41, 5.74) is 1.33. The Kier molecular flexibility index (Phi) is 6.76. The Labute approximate surface area is 80.4 Å². The number of allylic oxidation sites excluding steroid dienone is 3. The van der Waals surface area contributed by atoms with Crippen molar-refractivity contribution in [2.24, 2.45) is 0 Å². The zero-order valence-corrected chi connectivity index (χ0v) is 8.05. The summed E-state index contributed by atoms with van der Waals surface area (Å²) in [5, 5.41) is 0.543. The maximum atomic E-state index is 5.60. The minimum atomic E-state index is -0.405. The molecule has 0 saturated heterocycles. The van der Waals surface area contributed by atoms with Gasteiger partial charge in [-0.05, 0) is 12.5 Å². The van der Waals surface area contributed by atoms with Crippen molar-refractivity contribution in [3.8, 4) is 0 Å². The third kappa shape index (κ3) is 6.76. The Hall–Kier alpha value is 0.640. The van der Waals surface area contributed by atoms with Crippen molar-refractivity contribution in [2.75, 3.05) is 0 Å². The van der Waals surface area contributed by atoms with Crippen LogP contribution in [0.4, 0.5) is 0 Å². The molecule has 0 radical (unpaired) electrons. The van der Waals surface area contributed by atoms with Crippen molar-refractivity contribution in [1.29, 1.82) is 0 Å². The summed E-state index contributed by atoms with van der Waals surface area (Å²) in [7, 11) is 0. The average Bonchev–Trinajstić information content (AvgIpc) is 1.85. The third-order valence-electron chi connectivity index (χ3n) is 0.713. The Morgan fingerprint density at radius 1 is 1.40 bits per heavy atom. The van der Waals surface area contributed by atoms with Gasteiger partial charge in [0.1, 0.15) is 4.84 Å². The van der Waals surface area contributed by atoms with Crippen LogP contribution in [-0.2, 0) is 0 Å². The predicted octanol–water partition coefficient (Wildman–Crippen LogP) is 4.06. The molecule has 0 aromatic carbocycles. The Bertz CT molecular complexity index is 137. The molecule has 0 N–H and O–H groups in total. The molecule has 4 heteroatoms. The fourth-order valence-electron chi connectivity index (χ4n) is 0.330. The summed E-state index contributed by atoms with van der Waals surface area (Å²) in [6.07, 6.45) is 3.79. The fourth-order valence-corrected chi connectivity index (χ4v) is 0.860. The minimum absolute atomic E-state index is 0.405. The maximum absolute atomic E-state index is 5.60. The van der Waals surface area contributed by atoms with Gasteiger partial charge in [0.05, 0.1) is 0 Å². The standard InChI is InChI=1S/C6H6Cl4/c7-4-3-5(8)1-2-6(9)10/h1,3-4,6H,2H2. The molecule has 0 spiro atoms. The number of hydrogen-bond donors (Lipinski definition) is 0. The quantitative estimate of drug-likeness (QED) is 0.496. The van der Waals surface area contributed by atoms with E-state index in [2.05, 4.69) is 0 Å². The van der Waals surface area contributed by atoms with Gasteiger partial charge < -0.3 is 0 Å². The molecule has 0 unspecified atom stereocenters. The van der Waals surface area contributed by atoms with Crippen LogP contribution in [-0.4, -0.2) is 4.84 Å². The number of halogens is 4. The van der Waals surface area contributed by atoms with Gasteiger partial charge in [-0.15, -0.1) is 23.2 Å². The van der Waals surface area contributed by atoms with Gasteiger partial charge >= 0.3 is 0 Å². The zero-order chi connectivity index (χ0) is 7.98. The molecule has 0 fully saturated rings. The van der Waals surface area contributed by atoms with Gasteiger partial charge in [-0.2, -0.15) is 0 Å². The summed E-state index contributed by atoms with van der Waals surface area (Å²) >= 11 is 21.7. The second kappa shape index (κ2) is 6.36. The van der Waals surface area contributed by atoms with Gasteiger partial charge in [0, 0.05) is 10.6 Å². The highest BCUT2D eigenvalue weighted by atomic mass is 35.5. The first kappa shape index (κ1) is 10.6. The molecule has 0 aromatic heterocycles. The number of rotatable bonds is 3. The Morgan fingerprint density at radius 2 is 2.00 bits per heavy atom. The predicted molar refractivity (Wildman–Crippen MR) is 49.0 cm³/mol. The molecular weight excluding hydrogens is 214 g/mol. The molecule has 0 aliphatic rings. The van der Waals surface area contributed by atoms with E-state index in [1.165, 1.54) is 5.54 Å². The van der Waals surface area contributed by atoms with Crippen LogP contribution in [0.5, 0.6) is 0 Å².